The summed E-state index contributed by atoms with van der Waals surface area (Å²) in [5.41, 5.74) is 2.60. The molecule has 3 saturated carbocycles. The van der Waals surface area contributed by atoms with Crippen molar-refractivity contribution < 1.29 is 4.79 Å². The third-order valence-electron chi connectivity index (χ3n) is 8.51. The summed E-state index contributed by atoms with van der Waals surface area (Å²) in [5.74, 6) is 3.37. The van der Waals surface area contributed by atoms with Crippen LogP contribution in [0.1, 0.15) is 86.0 Å². The maximum atomic E-state index is 12.1. The summed E-state index contributed by atoms with van der Waals surface area (Å²) in [6.45, 7) is 6.87. The van der Waals surface area contributed by atoms with E-state index < -0.39 is 0 Å². The first-order valence-electron chi connectivity index (χ1n) is 9.67. The molecule has 0 spiro atoms. The number of hydrogen-bond donors (Lipinski definition) is 0. The van der Waals surface area contributed by atoms with Gasteiger partial charge in [0.2, 0.25) is 0 Å². The highest BCUT2D eigenvalue weighted by atomic mass is 16.1. The number of Topliss-reactive ketones (excluding diaryl/α,β-unsaturated/α-hetero) is 1. The summed E-state index contributed by atoms with van der Waals surface area (Å²) in [7, 11) is 0. The quantitative estimate of drug-likeness (QED) is 0.528. The second kappa shape index (κ2) is 5.74. The minimum atomic E-state index is 0. The van der Waals surface area contributed by atoms with E-state index in [1.807, 2.05) is 6.92 Å². The number of fused-ring (bicyclic) bond motifs is 5. The van der Waals surface area contributed by atoms with Crippen LogP contribution in [-0.2, 0) is 4.79 Å². The third kappa shape index (κ3) is 2.29. The zero-order valence-corrected chi connectivity index (χ0v) is 14.7. The molecule has 6 unspecified atom stereocenters. The molecule has 6 atom stereocenters. The van der Waals surface area contributed by atoms with Crippen molar-refractivity contribution in [2.24, 2.45) is 34.5 Å². The van der Waals surface area contributed by atoms with E-state index in [0.29, 0.717) is 22.5 Å². The van der Waals surface area contributed by atoms with Crippen molar-refractivity contribution in [2.75, 3.05) is 0 Å². The number of allylic oxidation sites excluding steroid dienone is 2. The molecule has 0 saturated heterocycles. The van der Waals surface area contributed by atoms with Gasteiger partial charge < -0.3 is 0 Å². The second-order valence-corrected chi connectivity index (χ2v) is 9.25. The largest absolute Gasteiger partial charge is 0.300 e. The molecule has 1 heteroatoms. The van der Waals surface area contributed by atoms with Gasteiger partial charge in [-0.25, -0.2) is 0 Å². The van der Waals surface area contributed by atoms with Gasteiger partial charge in [0, 0.05) is 5.92 Å². The Balaban J connectivity index is 0.00000156. The van der Waals surface area contributed by atoms with Crippen molar-refractivity contribution in [1.82, 2.24) is 0 Å². The summed E-state index contributed by atoms with van der Waals surface area (Å²) in [4.78, 5) is 12.1. The lowest BCUT2D eigenvalue weighted by atomic mass is 9.47. The van der Waals surface area contributed by atoms with Gasteiger partial charge in [-0.3, -0.25) is 4.79 Å². The summed E-state index contributed by atoms with van der Waals surface area (Å²) in [6, 6.07) is 0. The zero-order valence-electron chi connectivity index (χ0n) is 14.7. The average Bonchev–Trinajstić information content (AvgIpc) is 2.84. The van der Waals surface area contributed by atoms with E-state index in [9.17, 15) is 4.79 Å². The molecule has 0 aromatic rings. The summed E-state index contributed by atoms with van der Waals surface area (Å²) in [6.07, 6.45) is 14.7. The lowest BCUT2D eigenvalue weighted by Crippen LogP contribution is -2.50. The van der Waals surface area contributed by atoms with E-state index in [4.69, 9.17) is 0 Å². The van der Waals surface area contributed by atoms with E-state index in [1.165, 1.54) is 51.4 Å². The van der Waals surface area contributed by atoms with Crippen LogP contribution in [0.25, 0.3) is 0 Å². The van der Waals surface area contributed by atoms with Crippen molar-refractivity contribution in [3.63, 3.8) is 0 Å². The van der Waals surface area contributed by atoms with Crippen molar-refractivity contribution >= 4 is 5.78 Å². The fourth-order valence-electron chi connectivity index (χ4n) is 7.37. The van der Waals surface area contributed by atoms with Crippen LogP contribution in [0.15, 0.2) is 11.6 Å². The van der Waals surface area contributed by atoms with Gasteiger partial charge in [-0.2, -0.15) is 0 Å². The Morgan fingerprint density at radius 2 is 1.87 bits per heavy atom. The number of ketones is 1. The van der Waals surface area contributed by atoms with E-state index >= 15 is 0 Å². The normalized spacial score (nSPS) is 48.4. The highest BCUT2D eigenvalue weighted by Gasteiger charge is 2.58. The van der Waals surface area contributed by atoms with Crippen LogP contribution in [0.5, 0.6) is 0 Å². The SMILES string of the molecule is C.CC(=O)C1CCC2C3CC=C4CCCCC4(C)C3CCC12C. The topological polar surface area (TPSA) is 17.1 Å². The standard InChI is InChI=1S/C21H32O.CH4/c1-14(22)17-9-10-18-16-8-7-15-6-4-5-12-20(15,2)19(16)11-13-21(17,18)3;/h7,16-19H,4-6,8-13H2,1-3H3;1H4. The van der Waals surface area contributed by atoms with Crippen molar-refractivity contribution in [2.45, 2.75) is 86.0 Å². The first-order valence-corrected chi connectivity index (χ1v) is 9.67. The number of rotatable bonds is 1. The van der Waals surface area contributed by atoms with Gasteiger partial charge in [-0.1, -0.05) is 39.3 Å². The molecule has 0 N–H and O–H groups in total. The van der Waals surface area contributed by atoms with Gasteiger partial charge >= 0.3 is 0 Å². The Kier molecular flexibility index (Phi) is 4.30. The van der Waals surface area contributed by atoms with Crippen LogP contribution in [-0.4, -0.2) is 5.78 Å². The molecule has 1 nitrogen and oxygen atoms in total. The first kappa shape index (κ1) is 17.2. The van der Waals surface area contributed by atoms with Crippen molar-refractivity contribution in [3.8, 4) is 0 Å². The van der Waals surface area contributed by atoms with Crippen LogP contribution in [0, 0.1) is 34.5 Å². The Labute approximate surface area is 143 Å². The third-order valence-corrected chi connectivity index (χ3v) is 8.51. The number of hydrogen-bond acceptors (Lipinski definition) is 1. The summed E-state index contributed by atoms with van der Waals surface area (Å²) < 4.78 is 0. The second-order valence-electron chi connectivity index (χ2n) is 9.25. The zero-order chi connectivity index (χ0) is 15.5. The van der Waals surface area contributed by atoms with Crippen molar-refractivity contribution in [1.29, 1.82) is 0 Å². The molecule has 4 rings (SSSR count). The Morgan fingerprint density at radius 1 is 1.09 bits per heavy atom. The van der Waals surface area contributed by atoms with Crippen LogP contribution >= 0.6 is 0 Å². The fourth-order valence-corrected chi connectivity index (χ4v) is 7.37. The van der Waals surface area contributed by atoms with Crippen LogP contribution < -0.4 is 0 Å². The maximum Gasteiger partial charge on any atom is 0.133 e. The molecule has 23 heavy (non-hydrogen) atoms. The van der Waals surface area contributed by atoms with E-state index in [1.54, 1.807) is 5.57 Å². The Hall–Kier alpha value is -0.590. The predicted octanol–water partition coefficient (Wildman–Crippen LogP) is 6.18. The van der Waals surface area contributed by atoms with E-state index in [0.717, 1.165) is 24.2 Å². The molecule has 0 aliphatic heterocycles. The molecule has 0 aromatic heterocycles. The lowest BCUT2D eigenvalue weighted by molar-refractivity contribution is -0.127. The van der Waals surface area contributed by atoms with E-state index in [2.05, 4.69) is 19.9 Å². The molecular formula is C22H36O. The molecule has 4 aliphatic rings. The smallest absolute Gasteiger partial charge is 0.133 e. The van der Waals surface area contributed by atoms with Gasteiger partial charge in [-0.05, 0) is 86.9 Å². The summed E-state index contributed by atoms with van der Waals surface area (Å²) in [5, 5.41) is 0. The van der Waals surface area contributed by atoms with Gasteiger partial charge in [0.1, 0.15) is 5.78 Å². The monoisotopic (exact) mass is 316 g/mol. The number of carbonyl (C=O) groups excluding carboxylic acids is 1. The molecule has 3 fully saturated rings. The fraction of sp³-hybridized carbons (Fsp3) is 0.864. The van der Waals surface area contributed by atoms with Crippen LogP contribution in [0.3, 0.4) is 0 Å². The minimum absolute atomic E-state index is 0. The summed E-state index contributed by atoms with van der Waals surface area (Å²) >= 11 is 0. The van der Waals surface area contributed by atoms with Gasteiger partial charge in [0.15, 0.2) is 0 Å². The molecule has 4 aliphatic carbocycles. The van der Waals surface area contributed by atoms with Crippen LogP contribution in [0.2, 0.25) is 0 Å². The lowest BCUT2D eigenvalue weighted by Gasteiger charge is -2.57. The molecule has 0 radical (unpaired) electrons. The highest BCUT2D eigenvalue weighted by molar-refractivity contribution is 5.79. The number of carbonyl (C=O) groups is 1. The van der Waals surface area contributed by atoms with Gasteiger partial charge in [-0.15, -0.1) is 0 Å². The molecule has 0 heterocycles. The van der Waals surface area contributed by atoms with E-state index in [-0.39, 0.29) is 7.43 Å². The Bertz CT molecular complexity index is 518. The first-order chi connectivity index (χ1) is 10.5. The van der Waals surface area contributed by atoms with Gasteiger partial charge in [0.25, 0.3) is 0 Å². The van der Waals surface area contributed by atoms with Gasteiger partial charge in [0.05, 0.1) is 0 Å². The average molecular weight is 317 g/mol. The molecule has 0 bridgehead atoms. The Morgan fingerprint density at radius 3 is 2.61 bits per heavy atom. The minimum Gasteiger partial charge on any atom is -0.300 e. The predicted molar refractivity (Wildman–Crippen MR) is 97.2 cm³/mol. The molecule has 130 valence electrons. The molecule has 0 amide bonds. The molecular weight excluding hydrogens is 280 g/mol. The van der Waals surface area contributed by atoms with Crippen molar-refractivity contribution in [3.05, 3.63) is 11.6 Å². The maximum absolute atomic E-state index is 12.1. The van der Waals surface area contributed by atoms with Crippen LogP contribution in [0.4, 0.5) is 0 Å². The molecule has 0 aromatic carbocycles. The highest BCUT2D eigenvalue weighted by Crippen LogP contribution is 2.66.